The Balaban J connectivity index is 3.11. The summed E-state index contributed by atoms with van der Waals surface area (Å²) in [6, 6.07) is 6.36. The van der Waals surface area contributed by atoms with Gasteiger partial charge < -0.3 is 10.8 Å². The molecule has 0 spiro atoms. The van der Waals surface area contributed by atoms with E-state index in [1.165, 1.54) is 12.1 Å². The van der Waals surface area contributed by atoms with Crippen molar-refractivity contribution in [3.63, 3.8) is 0 Å². The highest BCUT2D eigenvalue weighted by Crippen LogP contribution is 2.13. The molecule has 0 aliphatic carbocycles. The molecule has 78 valence electrons. The number of rotatable bonds is 3. The Hall–Kier alpha value is -0.910. The predicted molar refractivity (Wildman–Crippen MR) is 53.4 cm³/mol. The van der Waals surface area contributed by atoms with Gasteiger partial charge in [-0.05, 0) is 19.1 Å². The predicted octanol–water partition coefficient (Wildman–Crippen LogP) is 0.0458. The summed E-state index contributed by atoms with van der Waals surface area (Å²) in [4.78, 5) is 0.143. The zero-order valence-corrected chi connectivity index (χ0v) is 8.66. The van der Waals surface area contributed by atoms with Gasteiger partial charge in [-0.3, -0.25) is 0 Å². The van der Waals surface area contributed by atoms with Crippen LogP contribution in [0.1, 0.15) is 5.56 Å². The van der Waals surface area contributed by atoms with Crippen LogP contribution in [0.25, 0.3) is 0 Å². The lowest BCUT2D eigenvalue weighted by atomic mass is 10.2. The van der Waals surface area contributed by atoms with Crippen molar-refractivity contribution in [3.8, 4) is 0 Å². The second-order valence-corrected chi connectivity index (χ2v) is 5.25. The normalized spacial score (nSPS) is 13.9. The maximum Gasteiger partial charge on any atom is 0.196 e. The van der Waals surface area contributed by atoms with E-state index in [1.54, 1.807) is 12.1 Å². The highest BCUT2D eigenvalue weighted by molar-refractivity contribution is 7.92. The van der Waals surface area contributed by atoms with E-state index in [-0.39, 0.29) is 4.90 Å². The van der Waals surface area contributed by atoms with Gasteiger partial charge in [0.05, 0.1) is 11.5 Å². The second kappa shape index (κ2) is 4.08. The van der Waals surface area contributed by atoms with Crippen LogP contribution in [0, 0.1) is 6.92 Å². The van der Waals surface area contributed by atoms with Crippen LogP contribution in [0.2, 0.25) is 0 Å². The number of aliphatic hydroxyl groups excluding tert-OH is 1. The number of sulfone groups is 1. The number of hydrogen-bond acceptors (Lipinski definition) is 4. The summed E-state index contributed by atoms with van der Waals surface area (Å²) in [6.45, 7) is 1.29. The minimum absolute atomic E-state index is 0.143. The van der Waals surface area contributed by atoms with E-state index in [1.807, 2.05) is 6.92 Å². The van der Waals surface area contributed by atoms with Crippen molar-refractivity contribution in [2.45, 2.75) is 17.2 Å². The Kier molecular flexibility index (Phi) is 3.25. The first-order valence-corrected chi connectivity index (χ1v) is 5.70. The molecule has 0 saturated heterocycles. The smallest absolute Gasteiger partial charge is 0.196 e. The number of hydrogen-bond donors (Lipinski definition) is 2. The van der Waals surface area contributed by atoms with E-state index < -0.39 is 21.8 Å². The summed E-state index contributed by atoms with van der Waals surface area (Å²) in [5.74, 6) is 0. The van der Waals surface area contributed by atoms with E-state index in [4.69, 9.17) is 10.8 Å². The first kappa shape index (κ1) is 11.2. The molecule has 0 aliphatic rings. The molecular formula is C9H13NO3S. The summed E-state index contributed by atoms with van der Waals surface area (Å²) < 4.78 is 23.2. The van der Waals surface area contributed by atoms with Gasteiger partial charge in [-0.25, -0.2) is 8.42 Å². The minimum Gasteiger partial charge on any atom is -0.394 e. The second-order valence-electron chi connectivity index (χ2n) is 3.08. The molecule has 1 rings (SSSR count). The maximum atomic E-state index is 11.6. The van der Waals surface area contributed by atoms with Crippen LogP contribution >= 0.6 is 0 Å². The molecule has 4 nitrogen and oxygen atoms in total. The molecule has 1 aromatic carbocycles. The van der Waals surface area contributed by atoms with Crippen LogP contribution in [-0.2, 0) is 9.84 Å². The van der Waals surface area contributed by atoms with Crippen LogP contribution in [-0.4, -0.2) is 25.5 Å². The highest BCUT2D eigenvalue weighted by atomic mass is 32.2. The standard InChI is InChI=1S/C9H13NO3S/c1-7-2-4-8(5-3-7)14(12,13)9(10)6-11/h2-5,9,11H,6,10H2,1H3. The molecule has 0 aromatic heterocycles. The van der Waals surface area contributed by atoms with Crippen molar-refractivity contribution in [1.82, 2.24) is 0 Å². The molecule has 0 bridgehead atoms. The Labute approximate surface area is 83.3 Å². The van der Waals surface area contributed by atoms with Crippen molar-refractivity contribution in [3.05, 3.63) is 29.8 Å². The fraction of sp³-hybridized carbons (Fsp3) is 0.333. The molecule has 0 fully saturated rings. The van der Waals surface area contributed by atoms with Gasteiger partial charge in [-0.2, -0.15) is 0 Å². The summed E-state index contributed by atoms with van der Waals surface area (Å²) in [7, 11) is -3.58. The van der Waals surface area contributed by atoms with Crippen molar-refractivity contribution >= 4 is 9.84 Å². The molecule has 1 unspecified atom stereocenters. The van der Waals surface area contributed by atoms with Crippen LogP contribution in [0.3, 0.4) is 0 Å². The van der Waals surface area contributed by atoms with Crippen molar-refractivity contribution in [1.29, 1.82) is 0 Å². The van der Waals surface area contributed by atoms with Gasteiger partial charge >= 0.3 is 0 Å². The summed E-state index contributed by atoms with van der Waals surface area (Å²) in [5.41, 5.74) is 6.26. The Bertz CT molecular complexity index is 397. The topological polar surface area (TPSA) is 80.4 Å². The monoisotopic (exact) mass is 215 g/mol. The van der Waals surface area contributed by atoms with Gasteiger partial charge in [0.2, 0.25) is 0 Å². The molecule has 5 heteroatoms. The Morgan fingerprint density at radius 1 is 1.36 bits per heavy atom. The van der Waals surface area contributed by atoms with Gasteiger partial charge in [-0.1, -0.05) is 17.7 Å². The summed E-state index contributed by atoms with van der Waals surface area (Å²) in [5, 5.41) is 7.44. The van der Waals surface area contributed by atoms with Crippen molar-refractivity contribution < 1.29 is 13.5 Å². The zero-order chi connectivity index (χ0) is 10.8. The SMILES string of the molecule is Cc1ccc(S(=O)(=O)C(N)CO)cc1. The Morgan fingerprint density at radius 3 is 2.29 bits per heavy atom. The molecule has 0 saturated carbocycles. The van der Waals surface area contributed by atoms with Crippen LogP contribution in [0.4, 0.5) is 0 Å². The lowest BCUT2D eigenvalue weighted by Crippen LogP contribution is -2.34. The Morgan fingerprint density at radius 2 is 1.86 bits per heavy atom. The van der Waals surface area contributed by atoms with Gasteiger partial charge in [-0.15, -0.1) is 0 Å². The lowest BCUT2D eigenvalue weighted by Gasteiger charge is -2.09. The van der Waals surface area contributed by atoms with Crippen molar-refractivity contribution in [2.75, 3.05) is 6.61 Å². The summed E-state index contributed by atoms with van der Waals surface area (Å²) in [6.07, 6.45) is 0. The van der Waals surface area contributed by atoms with Gasteiger partial charge in [0, 0.05) is 0 Å². The molecule has 0 amide bonds. The highest BCUT2D eigenvalue weighted by Gasteiger charge is 2.22. The van der Waals surface area contributed by atoms with Gasteiger partial charge in [0.1, 0.15) is 5.37 Å². The molecule has 0 radical (unpaired) electrons. The fourth-order valence-electron chi connectivity index (χ4n) is 1.00. The average Bonchev–Trinajstić information content (AvgIpc) is 2.17. The zero-order valence-electron chi connectivity index (χ0n) is 7.84. The average molecular weight is 215 g/mol. The third kappa shape index (κ3) is 2.12. The van der Waals surface area contributed by atoms with Gasteiger partial charge in [0.15, 0.2) is 9.84 Å². The van der Waals surface area contributed by atoms with E-state index >= 15 is 0 Å². The van der Waals surface area contributed by atoms with Crippen LogP contribution < -0.4 is 5.73 Å². The number of benzene rings is 1. The van der Waals surface area contributed by atoms with E-state index in [0.717, 1.165) is 5.56 Å². The molecular weight excluding hydrogens is 202 g/mol. The fourth-order valence-corrected chi connectivity index (χ4v) is 2.06. The maximum absolute atomic E-state index is 11.6. The third-order valence-corrected chi connectivity index (χ3v) is 3.80. The van der Waals surface area contributed by atoms with Crippen LogP contribution in [0.5, 0.6) is 0 Å². The largest absolute Gasteiger partial charge is 0.394 e. The third-order valence-electron chi connectivity index (χ3n) is 1.93. The minimum atomic E-state index is -3.58. The quantitative estimate of drug-likeness (QED) is 0.746. The molecule has 1 aromatic rings. The van der Waals surface area contributed by atoms with E-state index in [9.17, 15) is 8.42 Å². The molecule has 14 heavy (non-hydrogen) atoms. The molecule has 1 atom stereocenters. The van der Waals surface area contributed by atoms with Gasteiger partial charge in [0.25, 0.3) is 0 Å². The summed E-state index contributed by atoms with van der Waals surface area (Å²) >= 11 is 0. The first-order valence-electron chi connectivity index (χ1n) is 4.15. The van der Waals surface area contributed by atoms with Crippen molar-refractivity contribution in [2.24, 2.45) is 5.73 Å². The number of aryl methyl sites for hydroxylation is 1. The molecule has 3 N–H and O–H groups in total. The first-order chi connectivity index (χ1) is 6.48. The van der Waals surface area contributed by atoms with E-state index in [0.29, 0.717) is 0 Å². The number of aliphatic hydroxyl groups is 1. The number of nitrogens with two attached hydrogens (primary N) is 1. The molecule has 0 heterocycles. The van der Waals surface area contributed by atoms with E-state index in [2.05, 4.69) is 0 Å². The van der Waals surface area contributed by atoms with Crippen LogP contribution in [0.15, 0.2) is 29.2 Å². The lowest BCUT2D eigenvalue weighted by molar-refractivity contribution is 0.292. The molecule has 0 aliphatic heterocycles.